The van der Waals surface area contributed by atoms with E-state index in [4.69, 9.17) is 0 Å². The van der Waals surface area contributed by atoms with E-state index in [-0.39, 0.29) is 23.6 Å². The van der Waals surface area contributed by atoms with Gasteiger partial charge in [-0.25, -0.2) is 0 Å². The zero-order valence-corrected chi connectivity index (χ0v) is 8.10. The van der Waals surface area contributed by atoms with E-state index in [1.165, 1.54) is 7.11 Å². The van der Waals surface area contributed by atoms with Crippen molar-refractivity contribution in [2.45, 2.75) is 25.4 Å². The molecule has 14 heavy (non-hydrogen) atoms. The number of carbonyl (C=O) groups is 2. The zero-order valence-electron chi connectivity index (χ0n) is 8.10. The first kappa shape index (κ1) is 9.65. The Bertz CT molecular complexity index is 273. The molecule has 0 amide bonds. The first-order chi connectivity index (χ1) is 6.63. The summed E-state index contributed by atoms with van der Waals surface area (Å²) in [6.07, 6.45) is 0.901. The Morgan fingerprint density at radius 1 is 1.50 bits per heavy atom. The second-order valence-corrected chi connectivity index (χ2v) is 4.22. The maximum atomic E-state index is 11.4. The van der Waals surface area contributed by atoms with Crippen LogP contribution in [0.15, 0.2) is 0 Å². The number of ketones is 1. The number of esters is 1. The van der Waals surface area contributed by atoms with Crippen LogP contribution in [0.3, 0.4) is 0 Å². The van der Waals surface area contributed by atoms with Crippen LogP contribution in [-0.4, -0.2) is 30.1 Å². The molecular weight excluding hydrogens is 184 g/mol. The minimum Gasteiger partial charge on any atom is -0.469 e. The second-order valence-electron chi connectivity index (χ2n) is 4.22. The normalized spacial score (nSPS) is 41.1. The molecule has 0 aromatic heterocycles. The van der Waals surface area contributed by atoms with Crippen molar-refractivity contribution < 1.29 is 19.4 Å². The lowest BCUT2D eigenvalue weighted by molar-refractivity contribution is -0.150. The fraction of sp³-hybridized carbons (Fsp3) is 0.800. The largest absolute Gasteiger partial charge is 0.469 e. The van der Waals surface area contributed by atoms with Crippen molar-refractivity contribution in [3.63, 3.8) is 0 Å². The van der Waals surface area contributed by atoms with Gasteiger partial charge in [0.1, 0.15) is 5.78 Å². The lowest BCUT2D eigenvalue weighted by Crippen LogP contribution is -2.29. The van der Waals surface area contributed by atoms with Crippen molar-refractivity contribution in [1.29, 1.82) is 0 Å². The lowest BCUT2D eigenvalue weighted by atomic mass is 9.91. The SMILES string of the molecule is COC(=O)[C@@H]1[C@@H]2CC(=O)C[C@@H]2C[C@H]1O. The number of hydrogen-bond acceptors (Lipinski definition) is 4. The predicted molar refractivity (Wildman–Crippen MR) is 47.4 cm³/mol. The average molecular weight is 198 g/mol. The predicted octanol–water partition coefficient (Wildman–Crippen LogP) is 0.135. The topological polar surface area (TPSA) is 63.6 Å². The summed E-state index contributed by atoms with van der Waals surface area (Å²) < 4.78 is 4.64. The van der Waals surface area contributed by atoms with Gasteiger partial charge in [-0.3, -0.25) is 9.59 Å². The quantitative estimate of drug-likeness (QED) is 0.608. The summed E-state index contributed by atoms with van der Waals surface area (Å²) in [5, 5.41) is 9.67. The molecule has 4 heteroatoms. The van der Waals surface area contributed by atoms with E-state index in [2.05, 4.69) is 4.74 Å². The van der Waals surface area contributed by atoms with Crippen molar-refractivity contribution in [3.05, 3.63) is 0 Å². The average Bonchev–Trinajstić information content (AvgIpc) is 2.58. The van der Waals surface area contributed by atoms with Crippen molar-refractivity contribution in [1.82, 2.24) is 0 Å². The molecule has 0 aromatic rings. The Kier molecular flexibility index (Phi) is 2.31. The summed E-state index contributed by atoms with van der Waals surface area (Å²) in [5.41, 5.74) is 0. The lowest BCUT2D eigenvalue weighted by Gasteiger charge is -2.17. The smallest absolute Gasteiger partial charge is 0.311 e. The van der Waals surface area contributed by atoms with E-state index < -0.39 is 12.0 Å². The van der Waals surface area contributed by atoms with Crippen LogP contribution in [0, 0.1) is 17.8 Å². The molecule has 0 aliphatic heterocycles. The standard InChI is InChI=1S/C10H14O4/c1-14-10(13)9-7-4-6(11)2-5(7)3-8(9)12/h5,7-9,12H,2-4H2,1H3/t5-,7-,8-,9-/m1/s1. The van der Waals surface area contributed by atoms with E-state index in [0.29, 0.717) is 19.3 Å². The maximum absolute atomic E-state index is 11.4. The Balaban J connectivity index is 2.16. The first-order valence-corrected chi connectivity index (χ1v) is 4.91. The Morgan fingerprint density at radius 3 is 2.86 bits per heavy atom. The minimum absolute atomic E-state index is 0.0185. The van der Waals surface area contributed by atoms with Crippen molar-refractivity contribution in [2.75, 3.05) is 7.11 Å². The van der Waals surface area contributed by atoms with Gasteiger partial charge < -0.3 is 9.84 Å². The molecule has 2 fully saturated rings. The Labute approximate surface area is 82.2 Å². The molecule has 2 aliphatic carbocycles. The summed E-state index contributed by atoms with van der Waals surface area (Å²) >= 11 is 0. The van der Waals surface area contributed by atoms with Crippen LogP contribution in [0.2, 0.25) is 0 Å². The number of hydrogen-bond donors (Lipinski definition) is 1. The molecule has 0 radical (unpaired) electrons. The highest BCUT2D eigenvalue weighted by Crippen LogP contribution is 2.46. The first-order valence-electron chi connectivity index (χ1n) is 4.91. The molecular formula is C10H14O4. The molecule has 2 aliphatic rings. The number of aliphatic hydroxyl groups is 1. The van der Waals surface area contributed by atoms with Gasteiger partial charge in [0.2, 0.25) is 0 Å². The van der Waals surface area contributed by atoms with Gasteiger partial charge in [0, 0.05) is 12.8 Å². The molecule has 0 saturated heterocycles. The van der Waals surface area contributed by atoms with Crippen molar-refractivity contribution in [2.24, 2.45) is 17.8 Å². The molecule has 78 valence electrons. The highest BCUT2D eigenvalue weighted by Gasteiger charge is 2.51. The van der Waals surface area contributed by atoms with Gasteiger partial charge in [0.15, 0.2) is 0 Å². The molecule has 2 rings (SSSR count). The molecule has 4 nitrogen and oxygen atoms in total. The molecule has 0 unspecified atom stereocenters. The van der Waals surface area contributed by atoms with E-state index >= 15 is 0 Å². The van der Waals surface area contributed by atoms with Crippen LogP contribution in [-0.2, 0) is 14.3 Å². The highest BCUT2D eigenvalue weighted by atomic mass is 16.5. The number of Topliss-reactive ketones (excluding diaryl/α,β-unsaturated/α-hetero) is 1. The molecule has 0 aromatic carbocycles. The maximum Gasteiger partial charge on any atom is 0.311 e. The molecule has 1 N–H and O–H groups in total. The Hall–Kier alpha value is -0.900. The number of methoxy groups -OCH3 is 1. The van der Waals surface area contributed by atoms with Gasteiger partial charge in [-0.05, 0) is 18.3 Å². The van der Waals surface area contributed by atoms with Crippen molar-refractivity contribution in [3.8, 4) is 0 Å². The molecule has 0 heterocycles. The zero-order chi connectivity index (χ0) is 10.3. The third-order valence-corrected chi connectivity index (χ3v) is 3.45. The fourth-order valence-electron chi connectivity index (χ4n) is 2.85. The van der Waals surface area contributed by atoms with E-state index in [1.54, 1.807) is 0 Å². The summed E-state index contributed by atoms with van der Waals surface area (Å²) in [6.45, 7) is 0. The third-order valence-electron chi connectivity index (χ3n) is 3.45. The van der Waals surface area contributed by atoms with E-state index in [1.807, 2.05) is 0 Å². The van der Waals surface area contributed by atoms with Gasteiger partial charge in [0.05, 0.1) is 19.1 Å². The van der Waals surface area contributed by atoms with Gasteiger partial charge in [-0.15, -0.1) is 0 Å². The van der Waals surface area contributed by atoms with Crippen LogP contribution in [0.25, 0.3) is 0 Å². The molecule has 0 bridgehead atoms. The third kappa shape index (κ3) is 1.34. The number of aliphatic hydroxyl groups excluding tert-OH is 1. The molecule has 0 spiro atoms. The van der Waals surface area contributed by atoms with Crippen LogP contribution in [0.5, 0.6) is 0 Å². The van der Waals surface area contributed by atoms with Gasteiger partial charge in [0.25, 0.3) is 0 Å². The second kappa shape index (κ2) is 3.35. The molecule has 4 atom stereocenters. The number of rotatable bonds is 1. The van der Waals surface area contributed by atoms with Gasteiger partial charge >= 0.3 is 5.97 Å². The van der Waals surface area contributed by atoms with Crippen LogP contribution in [0.4, 0.5) is 0 Å². The van der Waals surface area contributed by atoms with Crippen LogP contribution >= 0.6 is 0 Å². The van der Waals surface area contributed by atoms with Gasteiger partial charge in [-0.1, -0.05) is 0 Å². The van der Waals surface area contributed by atoms with Crippen molar-refractivity contribution >= 4 is 11.8 Å². The molecule has 2 saturated carbocycles. The summed E-state index contributed by atoms with van der Waals surface area (Å²) in [7, 11) is 1.32. The van der Waals surface area contributed by atoms with Gasteiger partial charge in [-0.2, -0.15) is 0 Å². The van der Waals surface area contributed by atoms with E-state index in [9.17, 15) is 14.7 Å². The number of fused-ring (bicyclic) bond motifs is 1. The Morgan fingerprint density at radius 2 is 2.21 bits per heavy atom. The fourth-order valence-corrected chi connectivity index (χ4v) is 2.85. The summed E-state index contributed by atoms with van der Waals surface area (Å²) in [5.74, 6) is -0.427. The minimum atomic E-state index is -0.620. The van der Waals surface area contributed by atoms with Crippen LogP contribution < -0.4 is 0 Å². The number of carbonyl (C=O) groups excluding carboxylic acids is 2. The van der Waals surface area contributed by atoms with Crippen LogP contribution in [0.1, 0.15) is 19.3 Å². The highest BCUT2D eigenvalue weighted by molar-refractivity contribution is 5.84. The number of ether oxygens (including phenoxy) is 1. The van der Waals surface area contributed by atoms with E-state index in [0.717, 1.165) is 0 Å². The summed E-state index contributed by atoms with van der Waals surface area (Å²) in [4.78, 5) is 22.6. The monoisotopic (exact) mass is 198 g/mol. The summed E-state index contributed by atoms with van der Waals surface area (Å²) in [6, 6.07) is 0.